The Labute approximate surface area is 102 Å². The fourth-order valence-electron chi connectivity index (χ4n) is 1.40. The van der Waals surface area contributed by atoms with E-state index in [2.05, 4.69) is 30.8 Å². The van der Waals surface area contributed by atoms with E-state index in [-0.39, 0.29) is 29.5 Å². The van der Waals surface area contributed by atoms with E-state index < -0.39 is 0 Å². The van der Waals surface area contributed by atoms with Crippen LogP contribution in [0.2, 0.25) is 0 Å². The van der Waals surface area contributed by atoms with E-state index in [1.54, 1.807) is 6.92 Å². The molecule has 0 bridgehead atoms. The Morgan fingerprint density at radius 1 is 1.06 bits per heavy atom. The van der Waals surface area contributed by atoms with Crippen molar-refractivity contribution in [1.29, 1.82) is 0 Å². The van der Waals surface area contributed by atoms with Gasteiger partial charge in [0.05, 0.1) is 0 Å². The number of carbonyl (C=O) groups is 2. The average molecular weight is 249 g/mol. The molecular weight excluding hydrogens is 238 g/mol. The van der Waals surface area contributed by atoms with Crippen LogP contribution < -0.4 is 10.6 Å². The number of nitrogens with zero attached hydrogens (tertiary/aromatic N) is 5. The lowest BCUT2D eigenvalue weighted by molar-refractivity contribution is -0.115. The second kappa shape index (κ2) is 4.35. The highest BCUT2D eigenvalue weighted by Gasteiger charge is 2.13. The molecule has 0 saturated carbocycles. The molecule has 0 aliphatic carbocycles. The first-order valence-electron chi connectivity index (χ1n) is 5.12. The number of carbonyl (C=O) groups excluding carboxylic acids is 2. The van der Waals surface area contributed by atoms with Crippen LogP contribution in [-0.4, -0.2) is 36.4 Å². The quantitative estimate of drug-likeness (QED) is 0.758. The molecule has 2 aromatic rings. The number of nitrogens with one attached hydrogen (secondary N) is 2. The van der Waals surface area contributed by atoms with Gasteiger partial charge in [-0.15, -0.1) is 10.2 Å². The fourth-order valence-corrected chi connectivity index (χ4v) is 1.40. The van der Waals surface area contributed by atoms with Crippen LogP contribution in [0.1, 0.15) is 19.7 Å². The number of aryl methyl sites for hydroxylation is 1. The summed E-state index contributed by atoms with van der Waals surface area (Å²) in [6.45, 7) is 4.39. The number of anilines is 2. The van der Waals surface area contributed by atoms with Crippen molar-refractivity contribution < 1.29 is 9.59 Å². The first kappa shape index (κ1) is 11.9. The molecule has 2 heterocycles. The van der Waals surface area contributed by atoms with Crippen LogP contribution in [0, 0.1) is 6.92 Å². The summed E-state index contributed by atoms with van der Waals surface area (Å²) in [5, 5.41) is 12.6. The molecule has 94 valence electrons. The van der Waals surface area contributed by atoms with Crippen LogP contribution in [-0.2, 0) is 9.59 Å². The molecule has 0 aromatic carbocycles. The van der Waals surface area contributed by atoms with Gasteiger partial charge in [0.1, 0.15) is 5.82 Å². The van der Waals surface area contributed by atoms with Crippen LogP contribution in [0.3, 0.4) is 0 Å². The number of hydrogen-bond acceptors (Lipinski definition) is 6. The third kappa shape index (κ3) is 2.24. The Hall–Kier alpha value is -2.58. The van der Waals surface area contributed by atoms with Gasteiger partial charge in [-0.25, -0.2) is 4.40 Å². The fraction of sp³-hybridized carbons (Fsp3) is 0.333. The maximum absolute atomic E-state index is 11.1. The highest BCUT2D eigenvalue weighted by atomic mass is 16.2. The topological polar surface area (TPSA) is 114 Å². The number of hydrogen-bond donors (Lipinski definition) is 2. The summed E-state index contributed by atoms with van der Waals surface area (Å²) in [5.41, 5.74) is 0. The van der Waals surface area contributed by atoms with Crippen molar-refractivity contribution in [3.63, 3.8) is 0 Å². The smallest absolute Gasteiger partial charge is 0.261 e. The van der Waals surface area contributed by atoms with Crippen molar-refractivity contribution >= 4 is 29.5 Å². The van der Waals surface area contributed by atoms with Crippen molar-refractivity contribution in [3.05, 3.63) is 5.82 Å². The van der Waals surface area contributed by atoms with E-state index in [0.29, 0.717) is 5.82 Å². The average Bonchev–Trinajstić information content (AvgIpc) is 2.58. The predicted octanol–water partition coefficient (Wildman–Crippen LogP) is -0.255. The summed E-state index contributed by atoms with van der Waals surface area (Å²) in [6, 6.07) is 0. The van der Waals surface area contributed by atoms with Gasteiger partial charge in [0, 0.05) is 13.8 Å². The van der Waals surface area contributed by atoms with E-state index in [1.807, 2.05) is 0 Å². The minimum absolute atomic E-state index is 0.0613. The van der Waals surface area contributed by atoms with Crippen LogP contribution >= 0.6 is 0 Å². The normalized spacial score (nSPS) is 10.4. The van der Waals surface area contributed by atoms with Gasteiger partial charge in [0.2, 0.25) is 23.7 Å². The number of amides is 2. The zero-order chi connectivity index (χ0) is 13.3. The monoisotopic (exact) mass is 249 g/mol. The summed E-state index contributed by atoms with van der Waals surface area (Å²) in [4.78, 5) is 30.1. The van der Waals surface area contributed by atoms with Crippen LogP contribution in [0.5, 0.6) is 0 Å². The first-order chi connectivity index (χ1) is 8.47. The molecule has 0 saturated heterocycles. The van der Waals surface area contributed by atoms with Gasteiger partial charge in [-0.2, -0.15) is 9.97 Å². The van der Waals surface area contributed by atoms with Crippen molar-refractivity contribution in [2.24, 2.45) is 0 Å². The molecular formula is C9H11N7O2. The van der Waals surface area contributed by atoms with E-state index in [0.717, 1.165) is 0 Å². The second-order valence-corrected chi connectivity index (χ2v) is 3.62. The maximum atomic E-state index is 11.1. The molecule has 18 heavy (non-hydrogen) atoms. The molecule has 0 aliphatic rings. The summed E-state index contributed by atoms with van der Waals surface area (Å²) in [7, 11) is 0. The Kier molecular flexibility index (Phi) is 2.88. The van der Waals surface area contributed by atoms with E-state index in [4.69, 9.17) is 0 Å². The molecule has 2 N–H and O–H groups in total. The zero-order valence-corrected chi connectivity index (χ0v) is 10.1. The third-order valence-electron chi connectivity index (χ3n) is 2.01. The highest BCUT2D eigenvalue weighted by Crippen LogP contribution is 2.12. The van der Waals surface area contributed by atoms with Crippen molar-refractivity contribution in [3.8, 4) is 0 Å². The van der Waals surface area contributed by atoms with E-state index >= 15 is 0 Å². The van der Waals surface area contributed by atoms with Gasteiger partial charge in [-0.1, -0.05) is 0 Å². The Balaban J connectivity index is 2.58. The standard InChI is InChI=1S/C9H11N7O2/c1-4-14-15-9-13-7(10-5(2)17)12-8(16(4)9)11-6(3)18/h1-3H3,(H2,10,11,12,13,15,17,18). The lowest BCUT2D eigenvalue weighted by Crippen LogP contribution is -2.16. The second-order valence-electron chi connectivity index (χ2n) is 3.62. The van der Waals surface area contributed by atoms with Gasteiger partial charge >= 0.3 is 0 Å². The molecule has 0 radical (unpaired) electrons. The van der Waals surface area contributed by atoms with E-state index in [1.165, 1.54) is 18.2 Å². The molecule has 2 rings (SSSR count). The largest absolute Gasteiger partial charge is 0.296 e. The number of rotatable bonds is 2. The zero-order valence-electron chi connectivity index (χ0n) is 10.1. The Morgan fingerprint density at radius 2 is 1.72 bits per heavy atom. The lowest BCUT2D eigenvalue weighted by Gasteiger charge is -2.07. The van der Waals surface area contributed by atoms with Gasteiger partial charge < -0.3 is 0 Å². The van der Waals surface area contributed by atoms with Gasteiger partial charge in [-0.05, 0) is 6.92 Å². The van der Waals surface area contributed by atoms with E-state index in [9.17, 15) is 9.59 Å². The predicted molar refractivity (Wildman–Crippen MR) is 61.9 cm³/mol. The van der Waals surface area contributed by atoms with Gasteiger partial charge in [0.25, 0.3) is 5.78 Å². The van der Waals surface area contributed by atoms with Crippen molar-refractivity contribution in [2.75, 3.05) is 10.6 Å². The molecule has 2 aromatic heterocycles. The SMILES string of the molecule is CC(=O)Nc1nc(NC(C)=O)n2c(C)nnc2n1. The first-order valence-corrected chi connectivity index (χ1v) is 5.12. The molecule has 2 amide bonds. The molecule has 9 heteroatoms. The molecule has 0 unspecified atom stereocenters. The molecule has 0 spiro atoms. The van der Waals surface area contributed by atoms with Crippen molar-refractivity contribution in [1.82, 2.24) is 24.6 Å². The Bertz CT molecular complexity index is 633. The molecule has 0 aliphatic heterocycles. The summed E-state index contributed by atoms with van der Waals surface area (Å²) in [5.74, 6) is 0.435. The molecule has 9 nitrogen and oxygen atoms in total. The minimum atomic E-state index is -0.315. The van der Waals surface area contributed by atoms with Gasteiger partial charge in [0.15, 0.2) is 0 Å². The molecule has 0 atom stereocenters. The molecule has 0 fully saturated rings. The summed E-state index contributed by atoms with van der Waals surface area (Å²) in [6.07, 6.45) is 0. The van der Waals surface area contributed by atoms with Crippen LogP contribution in [0.4, 0.5) is 11.9 Å². The summed E-state index contributed by atoms with van der Waals surface area (Å²) >= 11 is 0. The third-order valence-corrected chi connectivity index (χ3v) is 2.01. The van der Waals surface area contributed by atoms with Crippen LogP contribution in [0.25, 0.3) is 5.78 Å². The lowest BCUT2D eigenvalue weighted by atomic mass is 10.6. The maximum Gasteiger partial charge on any atom is 0.261 e. The number of fused-ring (bicyclic) bond motifs is 1. The minimum Gasteiger partial charge on any atom is -0.296 e. The number of aromatic nitrogens is 5. The van der Waals surface area contributed by atoms with Crippen molar-refractivity contribution in [2.45, 2.75) is 20.8 Å². The highest BCUT2D eigenvalue weighted by molar-refractivity contribution is 5.89. The van der Waals surface area contributed by atoms with Gasteiger partial charge in [-0.3, -0.25) is 20.2 Å². The van der Waals surface area contributed by atoms with Crippen LogP contribution in [0.15, 0.2) is 0 Å². The summed E-state index contributed by atoms with van der Waals surface area (Å²) < 4.78 is 1.48. The Morgan fingerprint density at radius 3 is 2.33 bits per heavy atom.